The Morgan fingerprint density at radius 1 is 1.29 bits per heavy atom. The summed E-state index contributed by atoms with van der Waals surface area (Å²) in [6.07, 6.45) is 2.36. The maximum absolute atomic E-state index is 3.65. The van der Waals surface area contributed by atoms with Crippen molar-refractivity contribution in [3.8, 4) is 0 Å². The van der Waals surface area contributed by atoms with Gasteiger partial charge in [0.1, 0.15) is 0 Å². The van der Waals surface area contributed by atoms with Crippen molar-refractivity contribution in [1.29, 1.82) is 0 Å². The molecular weight excluding hydrogens is 226 g/mol. The molecule has 0 radical (unpaired) electrons. The predicted octanol–water partition coefficient (Wildman–Crippen LogP) is 3.66. The second-order valence-electron chi connectivity index (χ2n) is 4.50. The minimum atomic E-state index is 0.613. The minimum Gasteiger partial charge on any atom is -0.313 e. The summed E-state index contributed by atoms with van der Waals surface area (Å²) in [6, 6.07) is 9.48. The summed E-state index contributed by atoms with van der Waals surface area (Å²) in [5, 5.41) is 3.65. The number of benzene rings is 1. The van der Waals surface area contributed by atoms with Crippen LogP contribution < -0.4 is 5.32 Å². The fourth-order valence-corrected chi connectivity index (χ4v) is 2.68. The standard InChI is InChI=1S/C15H25NS/c1-4-9-16-15(12-17-5-2)11-14-8-6-7-13(3)10-14/h6-8,10,15-16H,4-5,9,11-12H2,1-3H3. The number of nitrogens with one attached hydrogen (secondary N) is 1. The van der Waals surface area contributed by atoms with Gasteiger partial charge in [-0.15, -0.1) is 0 Å². The molecule has 1 nitrogen and oxygen atoms in total. The second kappa shape index (κ2) is 8.60. The summed E-state index contributed by atoms with van der Waals surface area (Å²) in [5.41, 5.74) is 2.81. The first-order valence-electron chi connectivity index (χ1n) is 6.63. The highest BCUT2D eigenvalue weighted by molar-refractivity contribution is 7.99. The molecule has 0 heterocycles. The van der Waals surface area contributed by atoms with Crippen molar-refractivity contribution in [1.82, 2.24) is 5.32 Å². The molecule has 0 aliphatic carbocycles. The van der Waals surface area contributed by atoms with Crippen LogP contribution in [0.3, 0.4) is 0 Å². The van der Waals surface area contributed by atoms with Gasteiger partial charge in [0.15, 0.2) is 0 Å². The molecule has 1 N–H and O–H groups in total. The highest BCUT2D eigenvalue weighted by atomic mass is 32.2. The maximum atomic E-state index is 3.65. The van der Waals surface area contributed by atoms with E-state index in [1.54, 1.807) is 0 Å². The molecular formula is C15H25NS. The van der Waals surface area contributed by atoms with Crippen molar-refractivity contribution >= 4 is 11.8 Å². The SMILES string of the molecule is CCCNC(CSCC)Cc1cccc(C)c1. The Balaban J connectivity index is 2.51. The van der Waals surface area contributed by atoms with Gasteiger partial charge in [-0.1, -0.05) is 43.7 Å². The third kappa shape index (κ3) is 6.13. The highest BCUT2D eigenvalue weighted by Crippen LogP contribution is 2.10. The van der Waals surface area contributed by atoms with Gasteiger partial charge in [-0.25, -0.2) is 0 Å². The molecule has 0 amide bonds. The topological polar surface area (TPSA) is 12.0 Å². The van der Waals surface area contributed by atoms with Crippen molar-refractivity contribution < 1.29 is 0 Å². The van der Waals surface area contributed by atoms with Crippen LogP contribution >= 0.6 is 11.8 Å². The largest absolute Gasteiger partial charge is 0.313 e. The monoisotopic (exact) mass is 251 g/mol. The summed E-state index contributed by atoms with van der Waals surface area (Å²) in [5.74, 6) is 2.42. The zero-order valence-electron chi connectivity index (χ0n) is 11.3. The average Bonchev–Trinajstić information content (AvgIpc) is 2.32. The summed E-state index contributed by atoms with van der Waals surface area (Å²) in [7, 11) is 0. The molecule has 1 atom stereocenters. The van der Waals surface area contributed by atoms with Gasteiger partial charge >= 0.3 is 0 Å². The number of aryl methyl sites for hydroxylation is 1. The Bertz CT molecular complexity index is 304. The van der Waals surface area contributed by atoms with Crippen LogP contribution in [0.4, 0.5) is 0 Å². The summed E-state index contributed by atoms with van der Waals surface area (Å²) in [4.78, 5) is 0. The third-order valence-corrected chi connectivity index (χ3v) is 3.82. The van der Waals surface area contributed by atoms with Crippen molar-refractivity contribution in [2.45, 2.75) is 39.7 Å². The first-order chi connectivity index (χ1) is 8.26. The van der Waals surface area contributed by atoms with E-state index in [0.717, 1.165) is 13.0 Å². The summed E-state index contributed by atoms with van der Waals surface area (Å²) >= 11 is 2.03. The van der Waals surface area contributed by atoms with Gasteiger partial charge in [-0.05, 0) is 37.6 Å². The molecule has 2 heteroatoms. The average molecular weight is 251 g/mol. The number of rotatable bonds is 8. The smallest absolute Gasteiger partial charge is 0.0198 e. The zero-order valence-corrected chi connectivity index (χ0v) is 12.1. The lowest BCUT2D eigenvalue weighted by atomic mass is 10.0. The van der Waals surface area contributed by atoms with Crippen LogP contribution in [0.1, 0.15) is 31.4 Å². The number of thioether (sulfide) groups is 1. The van der Waals surface area contributed by atoms with Crippen LogP contribution in [0.15, 0.2) is 24.3 Å². The van der Waals surface area contributed by atoms with Gasteiger partial charge in [-0.3, -0.25) is 0 Å². The quantitative estimate of drug-likeness (QED) is 0.757. The van der Waals surface area contributed by atoms with Gasteiger partial charge < -0.3 is 5.32 Å². The molecule has 96 valence electrons. The minimum absolute atomic E-state index is 0.613. The van der Waals surface area contributed by atoms with E-state index in [-0.39, 0.29) is 0 Å². The van der Waals surface area contributed by atoms with Gasteiger partial charge in [0.05, 0.1) is 0 Å². The van der Waals surface area contributed by atoms with Crippen LogP contribution in [-0.4, -0.2) is 24.1 Å². The lowest BCUT2D eigenvalue weighted by molar-refractivity contribution is 0.550. The first kappa shape index (κ1) is 14.6. The van der Waals surface area contributed by atoms with Gasteiger partial charge in [0, 0.05) is 11.8 Å². The van der Waals surface area contributed by atoms with Crippen molar-refractivity contribution in [3.05, 3.63) is 35.4 Å². The molecule has 1 unspecified atom stereocenters. The molecule has 0 fully saturated rings. The molecule has 0 bridgehead atoms. The van der Waals surface area contributed by atoms with Crippen LogP contribution in [0, 0.1) is 6.92 Å². The normalized spacial score (nSPS) is 12.6. The van der Waals surface area contributed by atoms with Crippen LogP contribution in [-0.2, 0) is 6.42 Å². The van der Waals surface area contributed by atoms with Crippen LogP contribution in [0.2, 0.25) is 0 Å². The molecule has 17 heavy (non-hydrogen) atoms. The number of hydrogen-bond acceptors (Lipinski definition) is 2. The lowest BCUT2D eigenvalue weighted by Crippen LogP contribution is -2.34. The van der Waals surface area contributed by atoms with Crippen LogP contribution in [0.5, 0.6) is 0 Å². The van der Waals surface area contributed by atoms with E-state index in [1.165, 1.54) is 29.1 Å². The highest BCUT2D eigenvalue weighted by Gasteiger charge is 2.08. The molecule has 0 aliphatic heterocycles. The Morgan fingerprint density at radius 2 is 2.12 bits per heavy atom. The molecule has 1 rings (SSSR count). The Labute approximate surface area is 110 Å². The fraction of sp³-hybridized carbons (Fsp3) is 0.600. The third-order valence-electron chi connectivity index (χ3n) is 2.77. The maximum Gasteiger partial charge on any atom is 0.0198 e. The van der Waals surface area contributed by atoms with E-state index in [9.17, 15) is 0 Å². The van der Waals surface area contributed by atoms with E-state index < -0.39 is 0 Å². The first-order valence-corrected chi connectivity index (χ1v) is 7.78. The van der Waals surface area contributed by atoms with E-state index in [1.807, 2.05) is 11.8 Å². The van der Waals surface area contributed by atoms with E-state index in [2.05, 4.69) is 50.4 Å². The van der Waals surface area contributed by atoms with Gasteiger partial charge in [0.2, 0.25) is 0 Å². The van der Waals surface area contributed by atoms with E-state index >= 15 is 0 Å². The Hall–Kier alpha value is -0.470. The predicted molar refractivity (Wildman–Crippen MR) is 80.0 cm³/mol. The molecule has 0 saturated carbocycles. The molecule has 0 spiro atoms. The zero-order chi connectivity index (χ0) is 12.5. The summed E-state index contributed by atoms with van der Waals surface area (Å²) in [6.45, 7) is 7.75. The second-order valence-corrected chi connectivity index (χ2v) is 5.82. The molecule has 1 aromatic carbocycles. The molecule has 0 saturated heterocycles. The van der Waals surface area contributed by atoms with Crippen molar-refractivity contribution in [2.75, 3.05) is 18.1 Å². The Kier molecular flexibility index (Phi) is 7.38. The fourth-order valence-electron chi connectivity index (χ4n) is 1.92. The van der Waals surface area contributed by atoms with Gasteiger partial charge in [0.25, 0.3) is 0 Å². The van der Waals surface area contributed by atoms with Crippen molar-refractivity contribution in [3.63, 3.8) is 0 Å². The van der Waals surface area contributed by atoms with E-state index in [4.69, 9.17) is 0 Å². The van der Waals surface area contributed by atoms with Crippen molar-refractivity contribution in [2.24, 2.45) is 0 Å². The van der Waals surface area contributed by atoms with Crippen LogP contribution in [0.25, 0.3) is 0 Å². The number of hydrogen-bond donors (Lipinski definition) is 1. The lowest BCUT2D eigenvalue weighted by Gasteiger charge is -2.18. The molecule has 1 aromatic rings. The molecule has 0 aliphatic rings. The molecule has 0 aromatic heterocycles. The summed E-state index contributed by atoms with van der Waals surface area (Å²) < 4.78 is 0. The van der Waals surface area contributed by atoms with Gasteiger partial charge in [-0.2, -0.15) is 11.8 Å². The Morgan fingerprint density at radius 3 is 2.76 bits per heavy atom. The van der Waals surface area contributed by atoms with E-state index in [0.29, 0.717) is 6.04 Å².